The number of fused-ring (bicyclic) bond motifs is 1. The third-order valence-corrected chi connectivity index (χ3v) is 7.19. The molecule has 1 heterocycles. The Labute approximate surface area is 196 Å². The van der Waals surface area contributed by atoms with Crippen LogP contribution in [0.1, 0.15) is 18.9 Å². The second-order valence-corrected chi connectivity index (χ2v) is 9.66. The van der Waals surface area contributed by atoms with Gasteiger partial charge in [-0.2, -0.15) is 5.10 Å². The number of hydrogen-bond acceptors (Lipinski definition) is 6. The van der Waals surface area contributed by atoms with Gasteiger partial charge >= 0.3 is 0 Å². The van der Waals surface area contributed by atoms with E-state index in [-0.39, 0.29) is 23.0 Å². The fourth-order valence-corrected chi connectivity index (χ4v) is 5.35. The number of anilines is 1. The van der Waals surface area contributed by atoms with Crippen molar-refractivity contribution in [3.05, 3.63) is 70.4 Å². The maximum atomic E-state index is 14.2. The summed E-state index contributed by atoms with van der Waals surface area (Å²) in [6.07, 6.45) is 3.81. The highest BCUT2D eigenvalue weighted by Gasteiger charge is 2.27. The average molecular weight is 488 g/mol. The highest BCUT2D eigenvalue weighted by Crippen LogP contribution is 2.34. The van der Waals surface area contributed by atoms with Gasteiger partial charge in [-0.3, -0.25) is 9.40 Å². The Balaban J connectivity index is 1.78. The lowest BCUT2D eigenvalue weighted by Gasteiger charge is -2.14. The summed E-state index contributed by atoms with van der Waals surface area (Å²) in [6, 6.07) is 9.90. The van der Waals surface area contributed by atoms with Crippen LogP contribution < -0.4 is 14.2 Å². The first-order valence-electron chi connectivity index (χ1n) is 10.0. The Hall–Kier alpha value is -3.24. The lowest BCUT2D eigenvalue weighted by molar-refractivity contribution is 0.386. The number of rotatable bonds is 7. The Morgan fingerprint density at radius 2 is 1.94 bits per heavy atom. The Morgan fingerprint density at radius 1 is 1.18 bits per heavy atom. The predicted octanol–water partition coefficient (Wildman–Crippen LogP) is 4.59. The van der Waals surface area contributed by atoms with Gasteiger partial charge < -0.3 is 9.47 Å². The first kappa shape index (κ1) is 22.9. The first-order chi connectivity index (χ1) is 15.7. The summed E-state index contributed by atoms with van der Waals surface area (Å²) in [7, 11) is -1.10. The zero-order valence-electron chi connectivity index (χ0n) is 18.3. The fraction of sp³-hybridized carbons (Fsp3) is 0.217. The van der Waals surface area contributed by atoms with E-state index in [1.807, 2.05) is 13.0 Å². The predicted molar refractivity (Wildman–Crippen MR) is 130 cm³/mol. The largest absolute Gasteiger partial charge is 0.496 e. The van der Waals surface area contributed by atoms with Gasteiger partial charge in [-0.15, -0.1) is 0 Å². The molecule has 0 spiro atoms. The van der Waals surface area contributed by atoms with Gasteiger partial charge in [0.15, 0.2) is 17.4 Å². The lowest BCUT2D eigenvalue weighted by Crippen LogP contribution is -2.21. The van der Waals surface area contributed by atoms with Crippen LogP contribution in [0, 0.1) is 5.82 Å². The number of aromatic nitrogens is 2. The van der Waals surface area contributed by atoms with Crippen LogP contribution in [0.2, 0.25) is 0 Å². The second-order valence-electron chi connectivity index (χ2n) is 7.52. The number of sulfonamides is 1. The molecule has 0 bridgehead atoms. The smallest absolute Gasteiger partial charge is 0.264 e. The maximum absolute atomic E-state index is 14.2. The third-order valence-electron chi connectivity index (χ3n) is 5.27. The van der Waals surface area contributed by atoms with E-state index in [1.165, 1.54) is 26.4 Å². The van der Waals surface area contributed by atoms with Crippen molar-refractivity contribution in [2.75, 3.05) is 18.9 Å². The van der Waals surface area contributed by atoms with E-state index >= 15 is 0 Å². The number of allylic oxidation sites excluding steroid dienone is 4. The van der Waals surface area contributed by atoms with Crippen LogP contribution >= 0.6 is 12.2 Å². The van der Waals surface area contributed by atoms with E-state index in [2.05, 4.69) is 9.82 Å². The molecule has 0 saturated carbocycles. The summed E-state index contributed by atoms with van der Waals surface area (Å²) in [5.74, 6) is 0.201. The van der Waals surface area contributed by atoms with Crippen LogP contribution in [0.25, 0.3) is 10.9 Å². The van der Waals surface area contributed by atoms with Crippen LogP contribution in [-0.2, 0) is 16.6 Å². The first-order valence-corrected chi connectivity index (χ1v) is 11.9. The number of halogens is 1. The van der Waals surface area contributed by atoms with E-state index < -0.39 is 15.8 Å². The lowest BCUT2D eigenvalue weighted by atomic mass is 10.1. The minimum atomic E-state index is -3.99. The van der Waals surface area contributed by atoms with Gasteiger partial charge in [-0.1, -0.05) is 36.0 Å². The van der Waals surface area contributed by atoms with Crippen LogP contribution in [0.4, 0.5) is 10.2 Å². The molecule has 0 saturated heterocycles. The highest BCUT2D eigenvalue weighted by molar-refractivity contribution is 7.99. The Bertz CT molecular complexity index is 1420. The molecule has 0 radical (unpaired) electrons. The molecule has 1 aliphatic rings. The molecular weight excluding hydrogens is 465 g/mol. The Kier molecular flexibility index (Phi) is 6.22. The summed E-state index contributed by atoms with van der Waals surface area (Å²) in [5.41, 5.74) is 2.07. The molecule has 3 aromatic rings. The van der Waals surface area contributed by atoms with Gasteiger partial charge in [-0.25, -0.2) is 12.8 Å². The number of hydrogen-bond donors (Lipinski definition) is 1. The quantitative estimate of drug-likeness (QED) is 0.491. The number of nitrogens with zero attached hydrogens (tertiary/aromatic N) is 2. The van der Waals surface area contributed by atoms with Crippen LogP contribution in [-0.4, -0.2) is 37.3 Å². The molecule has 10 heteroatoms. The molecule has 7 nitrogen and oxygen atoms in total. The molecule has 33 heavy (non-hydrogen) atoms. The summed E-state index contributed by atoms with van der Waals surface area (Å²) in [6.45, 7) is 2.02. The second kappa shape index (κ2) is 8.95. The molecule has 2 aromatic carbocycles. The van der Waals surface area contributed by atoms with E-state index in [4.69, 9.17) is 21.7 Å². The monoisotopic (exact) mass is 487 g/mol. The standard InChI is InChI=1S/C23H22FN3O4S2/c1-14-7-10-20(32)21(11-14)33(28,29)26-23-22-17(5-4-6-19(22)31-3)27(25-23)13-15-8-9-18(30-2)16(24)12-15/h4-9,11-12H,10,13H2,1-3H3,(H,25,26). The number of thiocarbonyl (C=S) groups is 1. The molecule has 0 amide bonds. The minimum Gasteiger partial charge on any atom is -0.496 e. The molecule has 1 aromatic heterocycles. The summed E-state index contributed by atoms with van der Waals surface area (Å²) >= 11 is 5.29. The SMILES string of the molecule is COc1ccc(Cn2nc(NS(=O)(=O)C3=CC(C)=CCC3=S)c3c(OC)cccc32)cc1F. The zero-order chi connectivity index (χ0) is 23.8. The third kappa shape index (κ3) is 4.49. The highest BCUT2D eigenvalue weighted by atomic mass is 32.2. The zero-order valence-corrected chi connectivity index (χ0v) is 19.9. The van der Waals surface area contributed by atoms with Crippen molar-refractivity contribution < 1.29 is 22.3 Å². The number of benzene rings is 2. The van der Waals surface area contributed by atoms with Gasteiger partial charge in [0.2, 0.25) is 0 Å². The van der Waals surface area contributed by atoms with E-state index in [1.54, 1.807) is 35.0 Å². The fourth-order valence-electron chi connectivity index (χ4n) is 3.65. The average Bonchev–Trinajstić information content (AvgIpc) is 3.12. The molecule has 0 fully saturated rings. The van der Waals surface area contributed by atoms with Crippen molar-refractivity contribution in [2.24, 2.45) is 0 Å². The van der Waals surface area contributed by atoms with E-state index in [9.17, 15) is 12.8 Å². The van der Waals surface area contributed by atoms with Crippen molar-refractivity contribution in [2.45, 2.75) is 19.9 Å². The molecule has 172 valence electrons. The topological polar surface area (TPSA) is 82.5 Å². The van der Waals surface area contributed by atoms with Gasteiger partial charge in [-0.05, 0) is 42.8 Å². The Morgan fingerprint density at radius 3 is 2.64 bits per heavy atom. The van der Waals surface area contributed by atoms with Gasteiger partial charge in [0.05, 0.1) is 31.7 Å². The number of ether oxygens (including phenoxy) is 2. The molecule has 0 unspecified atom stereocenters. The van der Waals surface area contributed by atoms with Gasteiger partial charge in [0.1, 0.15) is 10.7 Å². The van der Waals surface area contributed by atoms with E-state index in [0.717, 1.165) is 5.57 Å². The van der Waals surface area contributed by atoms with Crippen molar-refractivity contribution >= 4 is 43.8 Å². The number of methoxy groups -OCH3 is 2. The van der Waals surface area contributed by atoms with E-state index in [0.29, 0.717) is 33.5 Å². The summed E-state index contributed by atoms with van der Waals surface area (Å²) in [4.78, 5) is 0.379. The van der Waals surface area contributed by atoms with Gasteiger partial charge in [0.25, 0.3) is 10.0 Å². The molecular formula is C23H22FN3O4S2. The maximum Gasteiger partial charge on any atom is 0.264 e. The van der Waals surface area contributed by atoms with Gasteiger partial charge in [0, 0.05) is 11.3 Å². The van der Waals surface area contributed by atoms with Crippen LogP contribution in [0.3, 0.4) is 0 Å². The van der Waals surface area contributed by atoms with Crippen LogP contribution in [0.5, 0.6) is 11.5 Å². The summed E-state index contributed by atoms with van der Waals surface area (Å²) in [5, 5.41) is 4.99. The number of nitrogens with one attached hydrogen (secondary N) is 1. The van der Waals surface area contributed by atoms with Crippen molar-refractivity contribution in [1.29, 1.82) is 0 Å². The van der Waals surface area contributed by atoms with Crippen molar-refractivity contribution in [3.63, 3.8) is 0 Å². The van der Waals surface area contributed by atoms with Crippen molar-refractivity contribution in [1.82, 2.24) is 9.78 Å². The molecule has 1 aliphatic carbocycles. The van der Waals surface area contributed by atoms with Crippen molar-refractivity contribution in [3.8, 4) is 11.5 Å². The molecule has 1 N–H and O–H groups in total. The molecule has 4 rings (SSSR count). The summed E-state index contributed by atoms with van der Waals surface area (Å²) < 4.78 is 55.2. The van der Waals surface area contributed by atoms with Crippen LogP contribution in [0.15, 0.2) is 59.0 Å². The molecule has 0 atom stereocenters. The molecule has 0 aliphatic heterocycles. The normalized spacial score (nSPS) is 14.1. The minimum absolute atomic E-state index is 0.0484.